The van der Waals surface area contributed by atoms with Crippen molar-refractivity contribution in [2.24, 2.45) is 11.8 Å². The topological polar surface area (TPSA) is 90.5 Å². The molecule has 28 heavy (non-hydrogen) atoms. The first kappa shape index (κ1) is 20.6. The van der Waals surface area contributed by atoms with Gasteiger partial charge >= 0.3 is 6.03 Å². The lowest BCUT2D eigenvalue weighted by molar-refractivity contribution is -0.130. The van der Waals surface area contributed by atoms with Crippen LogP contribution in [0.25, 0.3) is 0 Å². The summed E-state index contributed by atoms with van der Waals surface area (Å²) in [6.45, 7) is 1.97. The first-order chi connectivity index (χ1) is 13.3. The molecule has 8 nitrogen and oxygen atoms in total. The number of anilines is 2. The van der Waals surface area contributed by atoms with E-state index >= 15 is 0 Å². The summed E-state index contributed by atoms with van der Waals surface area (Å²) in [5.41, 5.74) is 0. The molecule has 1 aliphatic heterocycles. The van der Waals surface area contributed by atoms with Gasteiger partial charge in [-0.25, -0.2) is 9.78 Å². The van der Waals surface area contributed by atoms with Crippen molar-refractivity contribution >= 4 is 35.3 Å². The van der Waals surface area contributed by atoms with E-state index in [9.17, 15) is 9.59 Å². The molecular weight excluding hydrogens is 380 g/mol. The van der Waals surface area contributed by atoms with Gasteiger partial charge in [-0.2, -0.15) is 4.98 Å². The SMILES string of the molecule is C[C@H](Nc1nccc(N(C)C(=O)N(C)C)n1)C1CC2CC(Cl)CCC2NC1=O. The number of fused-ring (bicyclic) bond motifs is 1. The van der Waals surface area contributed by atoms with Crippen LogP contribution in [0.2, 0.25) is 0 Å². The van der Waals surface area contributed by atoms with Crippen LogP contribution >= 0.6 is 11.6 Å². The molecule has 2 N–H and O–H groups in total. The molecule has 5 atom stereocenters. The normalized spacial score (nSPS) is 28.0. The number of carbonyl (C=O) groups excluding carboxylic acids is 2. The summed E-state index contributed by atoms with van der Waals surface area (Å²) < 4.78 is 0. The lowest BCUT2D eigenvalue weighted by atomic mass is 9.74. The minimum atomic E-state index is -0.177. The van der Waals surface area contributed by atoms with Crippen molar-refractivity contribution in [3.63, 3.8) is 0 Å². The number of aromatic nitrogens is 2. The van der Waals surface area contributed by atoms with E-state index in [0.29, 0.717) is 17.7 Å². The molecule has 3 amide bonds. The fourth-order valence-corrected chi connectivity index (χ4v) is 4.47. The molecule has 0 aromatic carbocycles. The maximum Gasteiger partial charge on any atom is 0.324 e. The maximum atomic E-state index is 12.6. The highest BCUT2D eigenvalue weighted by molar-refractivity contribution is 6.20. The quantitative estimate of drug-likeness (QED) is 0.746. The summed E-state index contributed by atoms with van der Waals surface area (Å²) in [4.78, 5) is 36.4. The molecule has 1 saturated heterocycles. The minimum absolute atomic E-state index is 0.0744. The van der Waals surface area contributed by atoms with Gasteiger partial charge in [0.2, 0.25) is 11.9 Å². The maximum absolute atomic E-state index is 12.6. The first-order valence-corrected chi connectivity index (χ1v) is 10.2. The van der Waals surface area contributed by atoms with E-state index in [1.54, 1.807) is 33.4 Å². The molecule has 0 bridgehead atoms. The Morgan fingerprint density at radius 1 is 1.32 bits per heavy atom. The molecule has 9 heteroatoms. The van der Waals surface area contributed by atoms with E-state index in [4.69, 9.17) is 11.6 Å². The highest BCUT2D eigenvalue weighted by Crippen LogP contribution is 2.36. The van der Waals surface area contributed by atoms with Crippen molar-refractivity contribution in [2.45, 2.75) is 50.1 Å². The molecule has 1 aromatic heterocycles. The number of nitrogens with zero attached hydrogens (tertiary/aromatic N) is 4. The summed E-state index contributed by atoms with van der Waals surface area (Å²) in [6.07, 6.45) is 5.27. The lowest BCUT2D eigenvalue weighted by Crippen LogP contribution is -2.55. The highest BCUT2D eigenvalue weighted by atomic mass is 35.5. The molecule has 0 spiro atoms. The largest absolute Gasteiger partial charge is 0.353 e. The number of urea groups is 1. The number of hydrogen-bond acceptors (Lipinski definition) is 5. The molecule has 154 valence electrons. The second-order valence-corrected chi connectivity index (χ2v) is 8.65. The molecule has 1 saturated carbocycles. The fourth-order valence-electron chi connectivity index (χ4n) is 4.12. The number of hydrogen-bond donors (Lipinski definition) is 2. The van der Waals surface area contributed by atoms with Gasteiger partial charge in [0.05, 0.1) is 5.92 Å². The first-order valence-electron chi connectivity index (χ1n) is 9.75. The van der Waals surface area contributed by atoms with Gasteiger partial charge in [0.15, 0.2) is 0 Å². The van der Waals surface area contributed by atoms with E-state index in [0.717, 1.165) is 25.7 Å². The molecule has 3 rings (SSSR count). The number of nitrogens with one attached hydrogen (secondary N) is 2. The Kier molecular flexibility index (Phi) is 6.27. The second kappa shape index (κ2) is 8.51. The van der Waals surface area contributed by atoms with Crippen LogP contribution < -0.4 is 15.5 Å². The van der Waals surface area contributed by atoms with Crippen LogP contribution in [0.1, 0.15) is 32.6 Å². The number of amides is 3. The average molecular weight is 409 g/mol. The van der Waals surface area contributed by atoms with Gasteiger partial charge in [0.25, 0.3) is 0 Å². The Labute approximate surface area is 171 Å². The van der Waals surface area contributed by atoms with Gasteiger partial charge in [-0.05, 0) is 44.6 Å². The third-order valence-electron chi connectivity index (χ3n) is 5.75. The third-order valence-corrected chi connectivity index (χ3v) is 6.15. The van der Waals surface area contributed by atoms with Crippen molar-refractivity contribution in [3.05, 3.63) is 12.3 Å². The Hall–Kier alpha value is -2.09. The van der Waals surface area contributed by atoms with Gasteiger partial charge in [-0.15, -0.1) is 11.6 Å². The van der Waals surface area contributed by atoms with Crippen molar-refractivity contribution in [1.82, 2.24) is 20.2 Å². The molecule has 1 aliphatic carbocycles. The van der Waals surface area contributed by atoms with Crippen LogP contribution in [0.15, 0.2) is 12.3 Å². The van der Waals surface area contributed by atoms with Crippen LogP contribution in [-0.4, -0.2) is 65.4 Å². The Morgan fingerprint density at radius 2 is 2.07 bits per heavy atom. The Balaban J connectivity index is 1.67. The van der Waals surface area contributed by atoms with Crippen molar-refractivity contribution in [1.29, 1.82) is 0 Å². The zero-order valence-electron chi connectivity index (χ0n) is 16.9. The summed E-state index contributed by atoms with van der Waals surface area (Å²) in [5, 5.41) is 6.62. The Morgan fingerprint density at radius 3 is 2.79 bits per heavy atom. The van der Waals surface area contributed by atoms with E-state index in [2.05, 4.69) is 20.6 Å². The highest BCUT2D eigenvalue weighted by Gasteiger charge is 2.41. The van der Waals surface area contributed by atoms with E-state index in [-0.39, 0.29) is 35.3 Å². The molecule has 4 unspecified atom stereocenters. The van der Waals surface area contributed by atoms with Crippen LogP contribution in [0.5, 0.6) is 0 Å². The van der Waals surface area contributed by atoms with E-state index in [1.165, 1.54) is 9.80 Å². The van der Waals surface area contributed by atoms with Gasteiger partial charge in [-0.3, -0.25) is 9.69 Å². The predicted molar refractivity (Wildman–Crippen MR) is 110 cm³/mol. The smallest absolute Gasteiger partial charge is 0.324 e. The molecular formula is C19H29ClN6O2. The summed E-state index contributed by atoms with van der Waals surface area (Å²) >= 11 is 6.34. The van der Waals surface area contributed by atoms with Gasteiger partial charge in [0, 0.05) is 44.8 Å². The summed E-state index contributed by atoms with van der Waals surface area (Å²) in [7, 11) is 5.04. The number of halogens is 1. The Bertz CT molecular complexity index is 730. The minimum Gasteiger partial charge on any atom is -0.353 e. The third kappa shape index (κ3) is 4.48. The van der Waals surface area contributed by atoms with Crippen LogP contribution in [0.3, 0.4) is 0 Å². The van der Waals surface area contributed by atoms with Crippen LogP contribution in [0.4, 0.5) is 16.6 Å². The number of rotatable bonds is 4. The van der Waals surface area contributed by atoms with Gasteiger partial charge in [0.1, 0.15) is 5.82 Å². The average Bonchev–Trinajstić information content (AvgIpc) is 2.66. The van der Waals surface area contributed by atoms with Gasteiger partial charge < -0.3 is 15.5 Å². The van der Waals surface area contributed by atoms with Gasteiger partial charge in [-0.1, -0.05) is 0 Å². The molecule has 2 heterocycles. The summed E-state index contributed by atoms with van der Waals surface area (Å²) in [6, 6.07) is 1.61. The van der Waals surface area contributed by atoms with Crippen LogP contribution in [0, 0.1) is 11.8 Å². The molecule has 1 aromatic rings. The fraction of sp³-hybridized carbons (Fsp3) is 0.684. The second-order valence-electron chi connectivity index (χ2n) is 8.04. The molecule has 2 fully saturated rings. The van der Waals surface area contributed by atoms with Crippen molar-refractivity contribution in [2.75, 3.05) is 31.4 Å². The molecule has 2 aliphatic rings. The van der Waals surface area contributed by atoms with E-state index in [1.807, 2.05) is 6.92 Å². The van der Waals surface area contributed by atoms with Crippen molar-refractivity contribution < 1.29 is 9.59 Å². The number of piperidine rings is 1. The van der Waals surface area contributed by atoms with Crippen molar-refractivity contribution in [3.8, 4) is 0 Å². The van der Waals surface area contributed by atoms with E-state index < -0.39 is 0 Å². The predicted octanol–water partition coefficient (Wildman–Crippen LogP) is 2.31. The zero-order chi connectivity index (χ0) is 20.4. The number of alkyl halides is 1. The lowest BCUT2D eigenvalue weighted by Gasteiger charge is -2.42. The standard InChI is InChI=1S/C19H29ClN6O2/c1-11(14-10-12-9-13(20)5-6-15(12)23-17(14)27)22-18-21-8-7-16(24-18)26(4)19(28)25(2)3/h7-8,11-15H,5-6,9-10H2,1-4H3,(H,23,27)(H,21,22,24)/t11-,12?,13?,14?,15?/m0/s1. The zero-order valence-corrected chi connectivity index (χ0v) is 17.6. The number of carbonyl (C=O) groups is 2. The van der Waals surface area contributed by atoms with Crippen LogP contribution in [-0.2, 0) is 4.79 Å². The molecule has 0 radical (unpaired) electrons. The monoisotopic (exact) mass is 408 g/mol. The summed E-state index contributed by atoms with van der Waals surface area (Å²) in [5.74, 6) is 1.22.